The van der Waals surface area contributed by atoms with Gasteiger partial charge in [0.1, 0.15) is 0 Å². The van der Waals surface area contributed by atoms with Crippen molar-refractivity contribution in [1.82, 2.24) is 0 Å². The van der Waals surface area contributed by atoms with E-state index in [4.69, 9.17) is 5.73 Å². The first-order valence-electron chi connectivity index (χ1n) is 9.52. The van der Waals surface area contributed by atoms with Gasteiger partial charge in [0.2, 0.25) is 5.91 Å². The molecule has 0 spiro atoms. The van der Waals surface area contributed by atoms with Crippen molar-refractivity contribution in [3.05, 3.63) is 43.5 Å². The maximum atomic E-state index is 10.2. The van der Waals surface area contributed by atoms with E-state index in [9.17, 15) is 4.79 Å². The minimum atomic E-state index is -0.209. The van der Waals surface area contributed by atoms with Gasteiger partial charge in [-0.1, -0.05) is 37.1 Å². The third-order valence-electron chi connectivity index (χ3n) is 4.38. The van der Waals surface area contributed by atoms with Crippen molar-refractivity contribution in [2.24, 2.45) is 11.7 Å². The Morgan fingerprint density at radius 1 is 1.23 bits per heavy atom. The van der Waals surface area contributed by atoms with E-state index in [1.807, 2.05) is 19.1 Å². The highest BCUT2D eigenvalue weighted by molar-refractivity contribution is 9.12. The third-order valence-corrected chi connectivity index (χ3v) is 6.85. The Morgan fingerprint density at radius 2 is 1.92 bits per heavy atom. The summed E-state index contributed by atoms with van der Waals surface area (Å²) in [5, 5.41) is 0. The molecule has 0 bridgehead atoms. The van der Waals surface area contributed by atoms with Crippen LogP contribution >= 0.6 is 43.2 Å². The molecule has 2 N–H and O–H groups in total. The molecule has 0 aliphatic heterocycles. The summed E-state index contributed by atoms with van der Waals surface area (Å²) in [6, 6.07) is 2.23. The zero-order valence-corrected chi connectivity index (χ0v) is 19.7. The molecule has 2 nitrogen and oxygen atoms in total. The summed E-state index contributed by atoms with van der Waals surface area (Å²) in [6.45, 7) is 1.96. The van der Waals surface area contributed by atoms with Gasteiger partial charge in [-0.3, -0.25) is 4.79 Å². The lowest BCUT2D eigenvalue weighted by Crippen LogP contribution is -2.09. The van der Waals surface area contributed by atoms with Crippen LogP contribution in [-0.4, -0.2) is 5.91 Å². The highest BCUT2D eigenvalue weighted by Crippen LogP contribution is 2.32. The summed E-state index contributed by atoms with van der Waals surface area (Å²) in [7, 11) is 0. The van der Waals surface area contributed by atoms with Crippen LogP contribution < -0.4 is 5.73 Å². The zero-order valence-electron chi connectivity index (χ0n) is 15.7. The molecule has 26 heavy (non-hydrogen) atoms. The number of unbranched alkanes of at least 4 members (excludes halogenated alkanes) is 2. The standard InChI is InChI=1S/C14H18Br2S.C7H13NO/c15-13-10-12(14(16)17-13)9-3-1-2-6-11-7-4-5-8-11;1-2-3-4-5-6-7(8)9/h2,6,10-11H,1,3-5,7-9H2;2-3H,4-6H2,1H3,(H2,8,9)/b6-2+;3-2-. The first-order chi connectivity index (χ1) is 12.5. The van der Waals surface area contributed by atoms with Gasteiger partial charge >= 0.3 is 0 Å². The van der Waals surface area contributed by atoms with E-state index >= 15 is 0 Å². The van der Waals surface area contributed by atoms with E-state index in [-0.39, 0.29) is 5.91 Å². The number of halogens is 2. The summed E-state index contributed by atoms with van der Waals surface area (Å²) in [4.78, 5) is 10.2. The van der Waals surface area contributed by atoms with E-state index in [2.05, 4.69) is 50.1 Å². The Kier molecular flexibility index (Phi) is 13.3. The molecule has 0 aromatic carbocycles. The van der Waals surface area contributed by atoms with E-state index in [0.29, 0.717) is 6.42 Å². The second-order valence-corrected chi connectivity index (χ2v) is 10.4. The molecule has 1 heterocycles. The summed E-state index contributed by atoms with van der Waals surface area (Å²) >= 11 is 8.90. The van der Waals surface area contributed by atoms with Crippen LogP contribution in [0.25, 0.3) is 0 Å². The smallest absolute Gasteiger partial charge is 0.217 e. The summed E-state index contributed by atoms with van der Waals surface area (Å²) in [5.41, 5.74) is 6.35. The van der Waals surface area contributed by atoms with Crippen molar-refractivity contribution in [3.63, 3.8) is 0 Å². The van der Waals surface area contributed by atoms with Crippen molar-refractivity contribution >= 4 is 49.1 Å². The fraction of sp³-hybridized carbons (Fsp3) is 0.571. The van der Waals surface area contributed by atoms with Crippen LogP contribution in [0.3, 0.4) is 0 Å². The normalized spacial score (nSPS) is 14.9. The van der Waals surface area contributed by atoms with Crippen LogP contribution in [0.5, 0.6) is 0 Å². The molecule has 1 aliphatic carbocycles. The minimum Gasteiger partial charge on any atom is -0.370 e. The fourth-order valence-corrected chi connectivity index (χ4v) is 5.87. The predicted octanol–water partition coefficient (Wildman–Crippen LogP) is 7.56. The van der Waals surface area contributed by atoms with Gasteiger partial charge in [-0.2, -0.15) is 0 Å². The molecular formula is C21H31Br2NOS. The number of carbonyl (C=O) groups is 1. The molecule has 0 saturated heterocycles. The van der Waals surface area contributed by atoms with Crippen LogP contribution in [0.1, 0.15) is 70.3 Å². The number of thiophene rings is 1. The molecule has 0 atom stereocenters. The second kappa shape index (κ2) is 14.6. The third kappa shape index (κ3) is 11.3. The van der Waals surface area contributed by atoms with Gasteiger partial charge in [0.05, 0.1) is 7.57 Å². The molecule has 5 heteroatoms. The molecule has 1 aliphatic rings. The number of rotatable bonds is 9. The average molecular weight is 505 g/mol. The van der Waals surface area contributed by atoms with Gasteiger partial charge in [0, 0.05) is 6.42 Å². The van der Waals surface area contributed by atoms with Crippen molar-refractivity contribution in [2.45, 2.75) is 71.1 Å². The highest BCUT2D eigenvalue weighted by Gasteiger charge is 2.10. The Bertz CT molecular complexity index is 575. The van der Waals surface area contributed by atoms with Gasteiger partial charge in [0.15, 0.2) is 0 Å². The molecule has 1 aromatic rings. The Morgan fingerprint density at radius 3 is 2.50 bits per heavy atom. The largest absolute Gasteiger partial charge is 0.370 e. The Balaban J connectivity index is 0.000000321. The molecule has 1 fully saturated rings. The summed E-state index contributed by atoms with van der Waals surface area (Å²) in [5.74, 6) is 0.677. The Labute approximate surface area is 179 Å². The molecule has 2 rings (SSSR count). The summed E-state index contributed by atoms with van der Waals surface area (Å²) in [6.07, 6.45) is 20.5. The van der Waals surface area contributed by atoms with E-state index < -0.39 is 0 Å². The number of allylic oxidation sites excluding steroid dienone is 4. The van der Waals surface area contributed by atoms with Crippen molar-refractivity contribution in [1.29, 1.82) is 0 Å². The number of nitrogens with two attached hydrogens (primary N) is 1. The first-order valence-corrected chi connectivity index (χ1v) is 11.9. The second-order valence-electron chi connectivity index (χ2n) is 6.64. The summed E-state index contributed by atoms with van der Waals surface area (Å²) < 4.78 is 2.50. The number of primary amides is 1. The van der Waals surface area contributed by atoms with Crippen LogP contribution in [0, 0.1) is 5.92 Å². The molecule has 1 amide bonds. The quantitative estimate of drug-likeness (QED) is 0.273. The lowest BCUT2D eigenvalue weighted by Gasteiger charge is -2.00. The Hall–Kier alpha value is -0.390. The van der Waals surface area contributed by atoms with Crippen LogP contribution in [0.15, 0.2) is 37.9 Å². The average Bonchev–Trinajstić information content (AvgIpc) is 3.21. The number of hydrogen-bond donors (Lipinski definition) is 1. The monoisotopic (exact) mass is 503 g/mol. The van der Waals surface area contributed by atoms with Crippen LogP contribution in [0.2, 0.25) is 0 Å². The number of aryl methyl sites for hydroxylation is 1. The maximum Gasteiger partial charge on any atom is 0.217 e. The molecule has 0 unspecified atom stereocenters. The van der Waals surface area contributed by atoms with Gasteiger partial charge in [-0.05, 0) is 101 Å². The lowest BCUT2D eigenvalue weighted by molar-refractivity contribution is -0.118. The van der Waals surface area contributed by atoms with Crippen molar-refractivity contribution in [2.75, 3.05) is 0 Å². The topological polar surface area (TPSA) is 43.1 Å². The van der Waals surface area contributed by atoms with Gasteiger partial charge in [0.25, 0.3) is 0 Å². The minimum absolute atomic E-state index is 0.209. The molecule has 1 aromatic heterocycles. The SMILES string of the molecule is Brc1cc(CCC/C=C/C2CCCC2)c(Br)s1.C/C=C\CCCC(N)=O. The van der Waals surface area contributed by atoms with E-state index in [1.54, 1.807) is 11.3 Å². The van der Waals surface area contributed by atoms with E-state index in [1.165, 1.54) is 58.1 Å². The van der Waals surface area contributed by atoms with Crippen molar-refractivity contribution in [3.8, 4) is 0 Å². The van der Waals surface area contributed by atoms with Gasteiger partial charge < -0.3 is 5.73 Å². The van der Waals surface area contributed by atoms with Gasteiger partial charge in [-0.25, -0.2) is 0 Å². The maximum absolute atomic E-state index is 10.2. The fourth-order valence-electron chi connectivity index (χ4n) is 2.95. The number of amides is 1. The first kappa shape index (κ1) is 23.6. The molecule has 146 valence electrons. The number of carbonyl (C=O) groups excluding carboxylic acids is 1. The molecule has 0 radical (unpaired) electrons. The van der Waals surface area contributed by atoms with Crippen molar-refractivity contribution < 1.29 is 4.79 Å². The van der Waals surface area contributed by atoms with Gasteiger partial charge in [-0.15, -0.1) is 11.3 Å². The lowest BCUT2D eigenvalue weighted by atomic mass is 10.1. The highest BCUT2D eigenvalue weighted by atomic mass is 79.9. The van der Waals surface area contributed by atoms with Crippen LogP contribution in [0.4, 0.5) is 0 Å². The predicted molar refractivity (Wildman–Crippen MR) is 122 cm³/mol. The van der Waals surface area contributed by atoms with E-state index in [0.717, 1.165) is 18.8 Å². The molecule has 1 saturated carbocycles. The zero-order chi connectivity index (χ0) is 19.2. The van der Waals surface area contributed by atoms with Crippen LogP contribution in [-0.2, 0) is 11.2 Å². The molecular weight excluding hydrogens is 474 g/mol. The number of hydrogen-bond acceptors (Lipinski definition) is 2.